The predicted molar refractivity (Wildman–Crippen MR) is 117 cm³/mol. The zero-order valence-electron chi connectivity index (χ0n) is 16.5. The summed E-state index contributed by atoms with van der Waals surface area (Å²) in [4.78, 5) is 34.2. The Bertz CT molecular complexity index is 959. The molecule has 7 nitrogen and oxygen atoms in total. The molecule has 1 amide bonds. The molecule has 9 heteroatoms. The second-order valence-electron chi connectivity index (χ2n) is 7.06. The molecule has 0 radical (unpaired) electrons. The van der Waals surface area contributed by atoms with E-state index in [1.807, 2.05) is 24.3 Å². The number of thiophene rings is 1. The summed E-state index contributed by atoms with van der Waals surface area (Å²) in [7, 11) is 0. The van der Waals surface area contributed by atoms with Gasteiger partial charge in [-0.15, -0.1) is 11.3 Å². The summed E-state index contributed by atoms with van der Waals surface area (Å²) >= 11 is 7.15. The van der Waals surface area contributed by atoms with Crippen LogP contribution in [0.4, 0.5) is 10.5 Å². The minimum absolute atomic E-state index is 0.0155. The van der Waals surface area contributed by atoms with E-state index in [4.69, 9.17) is 21.2 Å². The molecule has 0 spiro atoms. The van der Waals surface area contributed by atoms with Crippen molar-refractivity contribution in [3.63, 3.8) is 0 Å². The maximum absolute atomic E-state index is 12.3. The number of likely N-dealkylation sites (N-methyl/N-ethyl adjacent to an activating group) is 1. The monoisotopic (exact) mass is 447 g/mol. The Morgan fingerprint density at radius 1 is 1.27 bits per heavy atom. The van der Waals surface area contributed by atoms with Gasteiger partial charge in [-0.3, -0.25) is 9.69 Å². The van der Waals surface area contributed by atoms with Crippen LogP contribution in [0.25, 0.3) is 0 Å². The number of hydrogen-bond acceptors (Lipinski definition) is 7. The second kappa shape index (κ2) is 9.06. The molecule has 1 saturated heterocycles. The molecule has 30 heavy (non-hydrogen) atoms. The lowest BCUT2D eigenvalue weighted by molar-refractivity contribution is 0.0943. The molecule has 0 bridgehead atoms. The molecule has 0 aliphatic carbocycles. The molecular formula is C21H22ClN3O4S. The van der Waals surface area contributed by atoms with Crippen LogP contribution in [0.5, 0.6) is 0 Å². The summed E-state index contributed by atoms with van der Waals surface area (Å²) < 4.78 is 6.05. The summed E-state index contributed by atoms with van der Waals surface area (Å²) in [5.41, 5.74) is 1.69. The molecule has 3 heterocycles. The zero-order chi connectivity index (χ0) is 21.1. The smallest absolute Gasteiger partial charge is 0.414 e. The van der Waals surface area contributed by atoms with Crippen LogP contribution >= 0.6 is 22.9 Å². The van der Waals surface area contributed by atoms with Crippen molar-refractivity contribution in [3.8, 4) is 0 Å². The van der Waals surface area contributed by atoms with Gasteiger partial charge in [0.15, 0.2) is 11.6 Å². The predicted octanol–water partition coefficient (Wildman–Crippen LogP) is 4.40. The molecule has 1 aromatic heterocycles. The first-order valence-electron chi connectivity index (χ1n) is 9.87. The molecule has 0 N–H and O–H groups in total. The summed E-state index contributed by atoms with van der Waals surface area (Å²) in [5, 5.41) is 4.17. The van der Waals surface area contributed by atoms with Crippen molar-refractivity contribution in [2.24, 2.45) is 5.16 Å². The molecule has 1 fully saturated rings. The van der Waals surface area contributed by atoms with Crippen LogP contribution in [0.15, 0.2) is 41.6 Å². The van der Waals surface area contributed by atoms with Gasteiger partial charge in [-0.05, 0) is 49.7 Å². The molecule has 158 valence electrons. The molecule has 2 aliphatic rings. The van der Waals surface area contributed by atoms with Crippen molar-refractivity contribution in [2.75, 3.05) is 31.1 Å². The minimum atomic E-state index is -0.395. The van der Waals surface area contributed by atoms with Crippen molar-refractivity contribution in [2.45, 2.75) is 25.9 Å². The van der Waals surface area contributed by atoms with Gasteiger partial charge in [0, 0.05) is 24.2 Å². The summed E-state index contributed by atoms with van der Waals surface area (Å²) in [6, 6.07) is 11.0. The van der Waals surface area contributed by atoms with E-state index < -0.39 is 6.09 Å². The molecule has 0 saturated carbocycles. The van der Waals surface area contributed by atoms with Crippen molar-refractivity contribution >= 4 is 46.3 Å². The Morgan fingerprint density at radius 3 is 2.77 bits per heavy atom. The molecule has 2 aliphatic heterocycles. The fourth-order valence-corrected chi connectivity index (χ4v) is 4.53. The van der Waals surface area contributed by atoms with E-state index in [2.05, 4.69) is 17.0 Å². The standard InChI is InChI=1S/C21H22ClN3O4S/c1-2-24-11-12-28-23-20(24)14-3-5-15(6-4-14)25-13-16(29-21(25)27)7-8-17(26)18-9-10-19(22)30-18/h3-6,9-10,16H,2,7-8,11-13H2,1H3/t16-/m0/s1. The number of oxime groups is 1. The number of Topliss-reactive ketones (excluding diaryl/α,β-unsaturated/α-hetero) is 1. The van der Waals surface area contributed by atoms with Crippen LogP contribution in [-0.2, 0) is 9.57 Å². The number of nitrogens with zero attached hydrogens (tertiary/aromatic N) is 3. The van der Waals surface area contributed by atoms with Gasteiger partial charge in [-0.25, -0.2) is 4.79 Å². The van der Waals surface area contributed by atoms with Crippen LogP contribution in [0.2, 0.25) is 4.34 Å². The number of rotatable bonds is 7. The third-order valence-electron chi connectivity index (χ3n) is 5.14. The lowest BCUT2D eigenvalue weighted by atomic mass is 10.1. The number of benzene rings is 1. The fourth-order valence-electron chi connectivity index (χ4n) is 3.52. The number of hydrogen-bond donors (Lipinski definition) is 0. The summed E-state index contributed by atoms with van der Waals surface area (Å²) in [6.45, 7) is 4.72. The van der Waals surface area contributed by atoms with Gasteiger partial charge in [0.25, 0.3) is 0 Å². The number of ketones is 1. The van der Waals surface area contributed by atoms with Gasteiger partial charge in [0.2, 0.25) is 0 Å². The molecule has 1 aromatic carbocycles. The Labute approximate surface area is 183 Å². The van der Waals surface area contributed by atoms with Gasteiger partial charge in [0.05, 0.1) is 22.3 Å². The van der Waals surface area contributed by atoms with Crippen molar-refractivity contribution < 1.29 is 19.2 Å². The zero-order valence-corrected chi connectivity index (χ0v) is 18.1. The van der Waals surface area contributed by atoms with Crippen molar-refractivity contribution in [3.05, 3.63) is 51.2 Å². The highest BCUT2D eigenvalue weighted by molar-refractivity contribution is 7.18. The lowest BCUT2D eigenvalue weighted by Gasteiger charge is -2.27. The fraction of sp³-hybridized carbons (Fsp3) is 0.381. The second-order valence-corrected chi connectivity index (χ2v) is 8.77. The van der Waals surface area contributed by atoms with Crippen LogP contribution in [-0.4, -0.2) is 55.0 Å². The summed E-state index contributed by atoms with van der Waals surface area (Å²) in [6.07, 6.45) is 0.0823. The van der Waals surface area contributed by atoms with Gasteiger partial charge >= 0.3 is 6.09 Å². The topological polar surface area (TPSA) is 71.4 Å². The van der Waals surface area contributed by atoms with Gasteiger partial charge in [-0.1, -0.05) is 16.8 Å². The Kier molecular flexibility index (Phi) is 6.24. The molecule has 1 atom stereocenters. The van der Waals surface area contributed by atoms with Crippen molar-refractivity contribution in [1.29, 1.82) is 0 Å². The lowest BCUT2D eigenvalue weighted by Crippen LogP contribution is -2.37. The highest BCUT2D eigenvalue weighted by Gasteiger charge is 2.32. The maximum atomic E-state index is 12.3. The number of cyclic esters (lactones) is 1. The SMILES string of the molecule is CCN1CCON=C1c1ccc(N2C[C@H](CCC(=O)c3ccc(Cl)s3)OC2=O)cc1. The number of carbonyl (C=O) groups excluding carboxylic acids is 2. The molecule has 2 aromatic rings. The number of anilines is 1. The highest BCUT2D eigenvalue weighted by atomic mass is 35.5. The average molecular weight is 448 g/mol. The van der Waals surface area contributed by atoms with Crippen LogP contribution in [0, 0.1) is 0 Å². The minimum Gasteiger partial charge on any atom is -0.444 e. The van der Waals surface area contributed by atoms with Crippen molar-refractivity contribution in [1.82, 2.24) is 4.90 Å². The Hall–Kier alpha value is -2.58. The highest BCUT2D eigenvalue weighted by Crippen LogP contribution is 2.27. The largest absolute Gasteiger partial charge is 0.444 e. The van der Waals surface area contributed by atoms with E-state index in [1.165, 1.54) is 11.3 Å². The maximum Gasteiger partial charge on any atom is 0.414 e. The number of carbonyl (C=O) groups is 2. The molecular weight excluding hydrogens is 426 g/mol. The van der Waals surface area contributed by atoms with Crippen LogP contribution in [0.1, 0.15) is 35.0 Å². The first-order valence-corrected chi connectivity index (χ1v) is 11.1. The van der Waals surface area contributed by atoms with E-state index in [0.717, 1.165) is 30.2 Å². The van der Waals surface area contributed by atoms with E-state index in [1.54, 1.807) is 17.0 Å². The first-order chi connectivity index (χ1) is 14.5. The number of halogens is 1. The third-order valence-corrected chi connectivity index (χ3v) is 6.41. The van der Waals surface area contributed by atoms with Gasteiger partial charge in [0.1, 0.15) is 12.7 Å². The average Bonchev–Trinajstić information content (AvgIpc) is 3.37. The third kappa shape index (κ3) is 4.44. The van der Waals surface area contributed by atoms with E-state index in [-0.39, 0.29) is 11.9 Å². The van der Waals surface area contributed by atoms with Crippen LogP contribution < -0.4 is 4.90 Å². The molecule has 4 rings (SSSR count). The quantitative estimate of drug-likeness (QED) is 0.588. The van der Waals surface area contributed by atoms with E-state index >= 15 is 0 Å². The molecule has 0 unspecified atom stereocenters. The number of ether oxygens (including phenoxy) is 1. The normalized spacial score (nSPS) is 18.8. The van der Waals surface area contributed by atoms with Gasteiger partial charge < -0.3 is 14.5 Å². The van der Waals surface area contributed by atoms with E-state index in [0.29, 0.717) is 35.2 Å². The van der Waals surface area contributed by atoms with Crippen LogP contribution in [0.3, 0.4) is 0 Å². The summed E-state index contributed by atoms with van der Waals surface area (Å²) in [5.74, 6) is 0.811. The van der Waals surface area contributed by atoms with Gasteiger partial charge in [-0.2, -0.15) is 0 Å². The Balaban J connectivity index is 1.37. The van der Waals surface area contributed by atoms with E-state index in [9.17, 15) is 9.59 Å². The Morgan fingerprint density at radius 2 is 2.07 bits per heavy atom. The number of amides is 1. The number of amidine groups is 1. The first kappa shape index (κ1) is 20.7.